The molecule has 158 valence electrons. The molecule has 29 heavy (non-hydrogen) atoms. The number of hydrogen-bond acceptors (Lipinski definition) is 7. The molecular formula is C21H29N3O4S. The van der Waals surface area contributed by atoms with E-state index in [0.29, 0.717) is 17.8 Å². The fraction of sp³-hybridized carbons (Fsp3) is 0.476. The standard InChI is InChI=1S/C21H29N3O4S/c1-20(2,3)17(25)27-19-24-16(12-29-19)15(23-18(26)28-21(4,5)6)11-13-7-9-14(22)10-8-13/h7-10,12,15H,11,22H2,1-6H3,(H,23,26)/t15-/m0/s1. The first-order valence-electron chi connectivity index (χ1n) is 9.35. The number of nitrogens with zero attached hydrogens (tertiary/aromatic N) is 1. The van der Waals surface area contributed by atoms with Crippen LogP contribution in [0.5, 0.6) is 5.19 Å². The first kappa shape index (κ1) is 22.7. The number of benzene rings is 1. The van der Waals surface area contributed by atoms with Crippen molar-refractivity contribution in [3.05, 3.63) is 40.9 Å². The van der Waals surface area contributed by atoms with Crippen LogP contribution in [0.2, 0.25) is 0 Å². The van der Waals surface area contributed by atoms with Crippen LogP contribution in [-0.2, 0) is 16.0 Å². The molecule has 1 aromatic carbocycles. The molecule has 0 saturated heterocycles. The number of carbonyl (C=O) groups is 2. The lowest BCUT2D eigenvalue weighted by atomic mass is 9.98. The zero-order chi connectivity index (χ0) is 21.8. The van der Waals surface area contributed by atoms with Crippen molar-refractivity contribution < 1.29 is 19.1 Å². The smallest absolute Gasteiger partial charge is 0.408 e. The van der Waals surface area contributed by atoms with Crippen LogP contribution >= 0.6 is 11.3 Å². The van der Waals surface area contributed by atoms with E-state index in [4.69, 9.17) is 15.2 Å². The minimum Gasteiger partial charge on any atom is -0.444 e. The summed E-state index contributed by atoms with van der Waals surface area (Å²) in [7, 11) is 0. The molecule has 0 unspecified atom stereocenters. The summed E-state index contributed by atoms with van der Waals surface area (Å²) < 4.78 is 10.8. The molecule has 2 aromatic rings. The van der Waals surface area contributed by atoms with Crippen LogP contribution in [-0.4, -0.2) is 22.6 Å². The highest BCUT2D eigenvalue weighted by molar-refractivity contribution is 7.11. The van der Waals surface area contributed by atoms with Crippen molar-refractivity contribution in [2.75, 3.05) is 5.73 Å². The van der Waals surface area contributed by atoms with E-state index in [1.54, 1.807) is 59.1 Å². The second-order valence-corrected chi connectivity index (χ2v) is 9.64. The van der Waals surface area contributed by atoms with Crippen molar-refractivity contribution >= 4 is 29.1 Å². The Hall–Kier alpha value is -2.61. The highest BCUT2D eigenvalue weighted by Gasteiger charge is 2.27. The molecule has 0 bridgehead atoms. The second-order valence-electron chi connectivity index (χ2n) is 8.82. The molecule has 0 aliphatic heterocycles. The van der Waals surface area contributed by atoms with Gasteiger partial charge in [0.2, 0.25) is 0 Å². The quantitative estimate of drug-likeness (QED) is 0.547. The molecule has 1 heterocycles. The van der Waals surface area contributed by atoms with Crippen molar-refractivity contribution in [2.24, 2.45) is 5.41 Å². The number of rotatable bonds is 5. The maximum atomic E-state index is 12.3. The first-order chi connectivity index (χ1) is 13.3. The van der Waals surface area contributed by atoms with Gasteiger partial charge in [-0.25, -0.2) is 9.78 Å². The summed E-state index contributed by atoms with van der Waals surface area (Å²) >= 11 is 1.21. The highest BCUT2D eigenvalue weighted by Crippen LogP contribution is 2.28. The number of alkyl carbamates (subject to hydrolysis) is 1. The van der Waals surface area contributed by atoms with E-state index < -0.39 is 23.2 Å². The molecule has 0 fully saturated rings. The van der Waals surface area contributed by atoms with Crippen LogP contribution in [0.15, 0.2) is 29.6 Å². The average molecular weight is 420 g/mol. The predicted octanol–water partition coefficient (Wildman–Crippen LogP) is 4.49. The Morgan fingerprint density at radius 3 is 2.31 bits per heavy atom. The van der Waals surface area contributed by atoms with E-state index in [1.807, 2.05) is 12.1 Å². The topological polar surface area (TPSA) is 104 Å². The summed E-state index contributed by atoms with van der Waals surface area (Å²) in [5.74, 6) is -0.367. The summed E-state index contributed by atoms with van der Waals surface area (Å²) in [6.07, 6.45) is -0.0604. The van der Waals surface area contributed by atoms with E-state index in [2.05, 4.69) is 10.3 Å². The van der Waals surface area contributed by atoms with Gasteiger partial charge in [0.15, 0.2) is 0 Å². The molecule has 1 atom stereocenters. The lowest BCUT2D eigenvalue weighted by molar-refractivity contribution is -0.143. The predicted molar refractivity (Wildman–Crippen MR) is 114 cm³/mol. The number of amides is 1. The summed E-state index contributed by atoms with van der Waals surface area (Å²) in [6, 6.07) is 6.94. The Bertz CT molecular complexity index is 848. The number of anilines is 1. The fourth-order valence-corrected chi connectivity index (χ4v) is 3.00. The van der Waals surface area contributed by atoms with Crippen LogP contribution in [0.4, 0.5) is 10.5 Å². The molecule has 0 aliphatic rings. The van der Waals surface area contributed by atoms with Crippen LogP contribution in [0, 0.1) is 5.41 Å². The molecule has 1 aromatic heterocycles. The van der Waals surface area contributed by atoms with Crippen molar-refractivity contribution in [1.29, 1.82) is 0 Å². The zero-order valence-corrected chi connectivity index (χ0v) is 18.6. The molecule has 7 nitrogen and oxygen atoms in total. The number of hydrogen-bond donors (Lipinski definition) is 2. The molecule has 0 radical (unpaired) electrons. The zero-order valence-electron chi connectivity index (χ0n) is 17.7. The molecule has 0 spiro atoms. The Morgan fingerprint density at radius 1 is 1.14 bits per heavy atom. The van der Waals surface area contributed by atoms with Crippen LogP contribution < -0.4 is 15.8 Å². The Morgan fingerprint density at radius 2 is 1.76 bits per heavy atom. The Labute approximate surface area is 175 Å². The molecule has 1 amide bonds. The van der Waals surface area contributed by atoms with Gasteiger partial charge in [-0.3, -0.25) is 4.79 Å². The van der Waals surface area contributed by atoms with Crippen molar-refractivity contribution in [2.45, 2.75) is 59.6 Å². The lowest BCUT2D eigenvalue weighted by Crippen LogP contribution is -2.36. The number of esters is 1. The van der Waals surface area contributed by atoms with Gasteiger partial charge in [0.05, 0.1) is 17.2 Å². The van der Waals surface area contributed by atoms with Gasteiger partial charge in [0.1, 0.15) is 5.60 Å². The van der Waals surface area contributed by atoms with Crippen molar-refractivity contribution in [3.8, 4) is 5.19 Å². The van der Waals surface area contributed by atoms with E-state index in [0.717, 1.165) is 5.56 Å². The Kier molecular flexibility index (Phi) is 6.89. The van der Waals surface area contributed by atoms with Crippen LogP contribution in [0.3, 0.4) is 0 Å². The lowest BCUT2D eigenvalue weighted by Gasteiger charge is -2.23. The number of thiazole rings is 1. The molecule has 8 heteroatoms. The number of aromatic nitrogens is 1. The van der Waals surface area contributed by atoms with Gasteiger partial charge in [-0.1, -0.05) is 23.5 Å². The van der Waals surface area contributed by atoms with Gasteiger partial charge in [-0.05, 0) is 65.7 Å². The van der Waals surface area contributed by atoms with E-state index in [1.165, 1.54) is 11.3 Å². The first-order valence-corrected chi connectivity index (χ1v) is 10.2. The van der Waals surface area contributed by atoms with Gasteiger partial charge >= 0.3 is 12.1 Å². The third-order valence-corrected chi connectivity index (χ3v) is 4.50. The molecule has 2 rings (SSSR count). The van der Waals surface area contributed by atoms with E-state index in [-0.39, 0.29) is 11.2 Å². The second kappa shape index (κ2) is 8.82. The van der Waals surface area contributed by atoms with Crippen LogP contribution in [0.25, 0.3) is 0 Å². The summed E-state index contributed by atoms with van der Waals surface area (Å²) in [4.78, 5) is 28.9. The van der Waals surface area contributed by atoms with Gasteiger partial charge in [0.25, 0.3) is 5.19 Å². The fourth-order valence-electron chi connectivity index (χ4n) is 2.28. The van der Waals surface area contributed by atoms with Crippen molar-refractivity contribution in [3.63, 3.8) is 0 Å². The maximum Gasteiger partial charge on any atom is 0.408 e. The third kappa shape index (κ3) is 7.38. The van der Waals surface area contributed by atoms with Gasteiger partial charge < -0.3 is 20.5 Å². The van der Waals surface area contributed by atoms with Crippen molar-refractivity contribution in [1.82, 2.24) is 10.3 Å². The number of nitrogen functional groups attached to an aromatic ring is 1. The maximum absolute atomic E-state index is 12.3. The average Bonchev–Trinajstić information content (AvgIpc) is 3.02. The van der Waals surface area contributed by atoms with Gasteiger partial charge in [0, 0.05) is 11.1 Å². The molecule has 0 aliphatic carbocycles. The summed E-state index contributed by atoms with van der Waals surface area (Å²) in [5.41, 5.74) is 6.73. The SMILES string of the molecule is CC(C)(C)OC(=O)N[C@@H](Cc1ccc(N)cc1)c1csc(OC(=O)C(C)(C)C)n1. The van der Waals surface area contributed by atoms with Gasteiger partial charge in [-0.2, -0.15) is 0 Å². The number of nitrogens with two attached hydrogens (primary N) is 1. The number of nitrogens with one attached hydrogen (secondary N) is 1. The molecule has 3 N–H and O–H groups in total. The normalized spacial score (nSPS) is 12.9. The summed E-state index contributed by atoms with van der Waals surface area (Å²) in [6.45, 7) is 10.7. The third-order valence-electron chi connectivity index (χ3n) is 3.76. The summed E-state index contributed by atoms with van der Waals surface area (Å²) in [5, 5.41) is 4.87. The monoisotopic (exact) mass is 419 g/mol. The minimum atomic E-state index is -0.635. The number of carbonyl (C=O) groups excluding carboxylic acids is 2. The number of ether oxygens (including phenoxy) is 2. The molecule has 0 saturated carbocycles. The van der Waals surface area contributed by atoms with E-state index >= 15 is 0 Å². The van der Waals surface area contributed by atoms with E-state index in [9.17, 15) is 9.59 Å². The minimum absolute atomic E-state index is 0.244. The van der Waals surface area contributed by atoms with Crippen LogP contribution in [0.1, 0.15) is 58.8 Å². The van der Waals surface area contributed by atoms with Gasteiger partial charge in [-0.15, -0.1) is 0 Å². The molecular weight excluding hydrogens is 390 g/mol. The Balaban J connectivity index is 2.21. The largest absolute Gasteiger partial charge is 0.444 e. The highest BCUT2D eigenvalue weighted by atomic mass is 32.1.